The SMILES string of the molecule is CCCCc1cnn(C(C)(C)C)c1-c1cc(F)ccc1Br. The first kappa shape index (κ1) is 16.2. The Bertz CT molecular complexity index is 626. The van der Waals surface area contributed by atoms with Crippen molar-refractivity contribution in [1.29, 1.82) is 0 Å². The van der Waals surface area contributed by atoms with E-state index in [-0.39, 0.29) is 11.4 Å². The fourth-order valence-corrected chi connectivity index (χ4v) is 2.84. The van der Waals surface area contributed by atoms with Crippen LogP contribution in [0.5, 0.6) is 0 Å². The van der Waals surface area contributed by atoms with Crippen molar-refractivity contribution < 1.29 is 4.39 Å². The number of rotatable bonds is 4. The van der Waals surface area contributed by atoms with Gasteiger partial charge >= 0.3 is 0 Å². The van der Waals surface area contributed by atoms with Crippen molar-refractivity contribution in [3.63, 3.8) is 0 Å². The lowest BCUT2D eigenvalue weighted by Gasteiger charge is -2.23. The van der Waals surface area contributed by atoms with E-state index in [0.29, 0.717) is 0 Å². The van der Waals surface area contributed by atoms with Gasteiger partial charge in [0.1, 0.15) is 5.82 Å². The van der Waals surface area contributed by atoms with Crippen molar-refractivity contribution in [1.82, 2.24) is 9.78 Å². The number of aryl methyl sites for hydroxylation is 1. The van der Waals surface area contributed by atoms with E-state index in [1.165, 1.54) is 11.6 Å². The molecular formula is C17H22BrFN2. The number of nitrogens with zero attached hydrogens (tertiary/aromatic N) is 2. The van der Waals surface area contributed by atoms with Crippen LogP contribution in [0.3, 0.4) is 0 Å². The van der Waals surface area contributed by atoms with E-state index in [1.54, 1.807) is 12.1 Å². The van der Waals surface area contributed by atoms with E-state index in [4.69, 9.17) is 0 Å². The lowest BCUT2D eigenvalue weighted by molar-refractivity contribution is 0.359. The first-order chi connectivity index (χ1) is 9.84. The number of halogens is 2. The number of aromatic nitrogens is 2. The number of unbranched alkanes of at least 4 members (excludes halogenated alkanes) is 1. The van der Waals surface area contributed by atoms with Gasteiger partial charge in [-0.1, -0.05) is 29.3 Å². The topological polar surface area (TPSA) is 17.8 Å². The van der Waals surface area contributed by atoms with Crippen LogP contribution in [0.2, 0.25) is 0 Å². The molecule has 0 atom stereocenters. The summed E-state index contributed by atoms with van der Waals surface area (Å²) in [6, 6.07) is 4.81. The summed E-state index contributed by atoms with van der Waals surface area (Å²) in [7, 11) is 0. The molecule has 0 saturated carbocycles. The summed E-state index contributed by atoms with van der Waals surface area (Å²) in [5.41, 5.74) is 2.92. The Hall–Kier alpha value is -1.16. The lowest BCUT2D eigenvalue weighted by atomic mass is 10.0. The lowest BCUT2D eigenvalue weighted by Crippen LogP contribution is -2.24. The summed E-state index contributed by atoms with van der Waals surface area (Å²) in [5, 5.41) is 4.56. The molecular weight excluding hydrogens is 331 g/mol. The molecule has 0 fully saturated rings. The highest BCUT2D eigenvalue weighted by Crippen LogP contribution is 2.35. The monoisotopic (exact) mass is 352 g/mol. The molecule has 4 heteroatoms. The molecule has 114 valence electrons. The summed E-state index contributed by atoms with van der Waals surface area (Å²) >= 11 is 3.55. The Morgan fingerprint density at radius 1 is 1.29 bits per heavy atom. The maximum Gasteiger partial charge on any atom is 0.123 e. The molecule has 0 unspecified atom stereocenters. The van der Waals surface area contributed by atoms with Gasteiger partial charge in [0.05, 0.1) is 17.4 Å². The molecule has 0 amide bonds. The molecule has 0 saturated heterocycles. The van der Waals surface area contributed by atoms with Crippen molar-refractivity contribution in [3.05, 3.63) is 40.2 Å². The number of hydrogen-bond donors (Lipinski definition) is 0. The Kier molecular flexibility index (Phi) is 4.87. The van der Waals surface area contributed by atoms with Crippen LogP contribution in [0, 0.1) is 5.82 Å². The van der Waals surface area contributed by atoms with E-state index < -0.39 is 0 Å². The molecule has 0 spiro atoms. The van der Waals surface area contributed by atoms with Crippen LogP contribution < -0.4 is 0 Å². The van der Waals surface area contributed by atoms with Crippen LogP contribution in [0.25, 0.3) is 11.3 Å². The molecule has 21 heavy (non-hydrogen) atoms. The summed E-state index contributed by atoms with van der Waals surface area (Å²) in [6.45, 7) is 8.51. The zero-order valence-electron chi connectivity index (χ0n) is 13.1. The zero-order chi connectivity index (χ0) is 15.6. The smallest absolute Gasteiger partial charge is 0.123 e. The Morgan fingerprint density at radius 3 is 2.62 bits per heavy atom. The minimum atomic E-state index is -0.226. The minimum Gasteiger partial charge on any atom is -0.259 e. The van der Waals surface area contributed by atoms with Gasteiger partial charge < -0.3 is 0 Å². The molecule has 2 aromatic rings. The fourth-order valence-electron chi connectivity index (χ4n) is 2.41. The maximum atomic E-state index is 13.7. The van der Waals surface area contributed by atoms with Gasteiger partial charge in [0.2, 0.25) is 0 Å². The normalized spacial score (nSPS) is 11.9. The van der Waals surface area contributed by atoms with E-state index in [9.17, 15) is 4.39 Å². The van der Waals surface area contributed by atoms with Crippen LogP contribution >= 0.6 is 15.9 Å². The summed E-state index contributed by atoms with van der Waals surface area (Å²) in [6.07, 6.45) is 5.12. The molecule has 1 aromatic carbocycles. The Balaban J connectivity index is 2.63. The molecule has 0 bridgehead atoms. The molecule has 0 aliphatic rings. The van der Waals surface area contributed by atoms with Crippen LogP contribution in [0.15, 0.2) is 28.9 Å². The van der Waals surface area contributed by atoms with Crippen molar-refractivity contribution in [3.8, 4) is 11.3 Å². The van der Waals surface area contributed by atoms with Gasteiger partial charge in [-0.15, -0.1) is 0 Å². The molecule has 2 rings (SSSR count). The average Bonchev–Trinajstić information content (AvgIpc) is 2.82. The summed E-state index contributed by atoms with van der Waals surface area (Å²) in [5.74, 6) is -0.226. The van der Waals surface area contributed by atoms with Crippen LogP contribution in [0.1, 0.15) is 46.1 Å². The third-order valence-electron chi connectivity index (χ3n) is 3.46. The van der Waals surface area contributed by atoms with Gasteiger partial charge in [-0.05, 0) is 57.4 Å². The number of hydrogen-bond acceptors (Lipinski definition) is 1. The van der Waals surface area contributed by atoms with Gasteiger partial charge in [0, 0.05) is 10.0 Å². The molecule has 0 aliphatic heterocycles. The summed E-state index contributed by atoms with van der Waals surface area (Å²) in [4.78, 5) is 0. The quantitative estimate of drug-likeness (QED) is 0.705. The molecule has 1 aromatic heterocycles. The maximum absolute atomic E-state index is 13.7. The first-order valence-corrected chi connectivity index (χ1v) is 8.16. The van der Waals surface area contributed by atoms with Crippen LogP contribution in [-0.4, -0.2) is 9.78 Å². The van der Waals surface area contributed by atoms with E-state index in [2.05, 4.69) is 48.7 Å². The highest BCUT2D eigenvalue weighted by Gasteiger charge is 2.23. The molecule has 0 aliphatic carbocycles. The molecule has 1 heterocycles. The van der Waals surface area contributed by atoms with Crippen molar-refractivity contribution in [2.45, 2.75) is 52.5 Å². The van der Waals surface area contributed by atoms with Gasteiger partial charge in [0.15, 0.2) is 0 Å². The first-order valence-electron chi connectivity index (χ1n) is 7.37. The Labute approximate surface area is 134 Å². The Morgan fingerprint density at radius 2 is 2.00 bits per heavy atom. The third kappa shape index (κ3) is 3.54. The van der Waals surface area contributed by atoms with Gasteiger partial charge in [-0.3, -0.25) is 4.68 Å². The zero-order valence-corrected chi connectivity index (χ0v) is 14.7. The standard InChI is InChI=1S/C17H22BrFN2/c1-5-6-7-12-11-20-21(17(2,3)4)16(12)14-10-13(19)8-9-15(14)18/h8-11H,5-7H2,1-4H3. The van der Waals surface area contributed by atoms with Gasteiger partial charge in [-0.2, -0.15) is 5.10 Å². The van der Waals surface area contributed by atoms with Gasteiger partial charge in [0.25, 0.3) is 0 Å². The second-order valence-corrected chi connectivity index (χ2v) is 7.18. The second-order valence-electron chi connectivity index (χ2n) is 6.33. The van der Waals surface area contributed by atoms with Crippen LogP contribution in [-0.2, 0) is 12.0 Å². The molecule has 0 radical (unpaired) electrons. The van der Waals surface area contributed by atoms with E-state index in [0.717, 1.165) is 35.0 Å². The van der Waals surface area contributed by atoms with Crippen molar-refractivity contribution in [2.75, 3.05) is 0 Å². The highest BCUT2D eigenvalue weighted by atomic mass is 79.9. The summed E-state index contributed by atoms with van der Waals surface area (Å²) < 4.78 is 16.6. The predicted octanol–water partition coefficient (Wildman–Crippen LogP) is 5.55. The second kappa shape index (κ2) is 6.30. The van der Waals surface area contributed by atoms with E-state index in [1.807, 2.05) is 10.9 Å². The van der Waals surface area contributed by atoms with Crippen molar-refractivity contribution >= 4 is 15.9 Å². The minimum absolute atomic E-state index is 0.147. The highest BCUT2D eigenvalue weighted by molar-refractivity contribution is 9.10. The van der Waals surface area contributed by atoms with Gasteiger partial charge in [-0.25, -0.2) is 4.39 Å². The molecule has 2 nitrogen and oxygen atoms in total. The van der Waals surface area contributed by atoms with Crippen LogP contribution in [0.4, 0.5) is 4.39 Å². The predicted molar refractivity (Wildman–Crippen MR) is 88.9 cm³/mol. The average molecular weight is 353 g/mol. The fraction of sp³-hybridized carbons (Fsp3) is 0.471. The van der Waals surface area contributed by atoms with Crippen molar-refractivity contribution in [2.24, 2.45) is 0 Å². The third-order valence-corrected chi connectivity index (χ3v) is 4.16. The largest absolute Gasteiger partial charge is 0.259 e. The van der Waals surface area contributed by atoms with E-state index >= 15 is 0 Å². The molecule has 0 N–H and O–H groups in total. The number of benzene rings is 1.